The van der Waals surface area contributed by atoms with E-state index in [0.717, 1.165) is 49.8 Å². The van der Waals surface area contributed by atoms with Crippen LogP contribution in [0.1, 0.15) is 54.9 Å². The highest BCUT2D eigenvalue weighted by Crippen LogP contribution is 2.28. The summed E-state index contributed by atoms with van der Waals surface area (Å²) < 4.78 is 46.9. The molecule has 208 valence electrons. The molecule has 0 aliphatic carbocycles. The predicted octanol–water partition coefficient (Wildman–Crippen LogP) is 5.90. The van der Waals surface area contributed by atoms with Gasteiger partial charge in [0.1, 0.15) is 12.2 Å². The first-order valence-corrected chi connectivity index (χ1v) is 13.5. The van der Waals surface area contributed by atoms with Crippen LogP contribution in [0.25, 0.3) is 10.9 Å². The molecule has 39 heavy (non-hydrogen) atoms. The van der Waals surface area contributed by atoms with Gasteiger partial charge in [0, 0.05) is 37.2 Å². The Hall–Kier alpha value is -3.51. The number of pyridine rings is 1. The lowest BCUT2D eigenvalue weighted by Gasteiger charge is -2.21. The molecule has 6 nitrogen and oxygen atoms in total. The fraction of sp³-hybridized carbons (Fsp3) is 0.467. The van der Waals surface area contributed by atoms with Crippen LogP contribution in [0.15, 0.2) is 42.6 Å². The normalized spacial score (nSPS) is 14.2. The molecule has 1 aliphatic rings. The Morgan fingerprint density at radius 2 is 1.92 bits per heavy atom. The number of hydrogen-bond donors (Lipinski definition) is 1. The SMILES string of the molecule is CCN(CC)C(=O)c1ccc(NCC#Cc2cc3cc(CCC4CCOCC4)ccc3n2CC(F)(F)F)cn1. The van der Waals surface area contributed by atoms with Crippen LogP contribution in [0.2, 0.25) is 0 Å². The first-order valence-electron chi connectivity index (χ1n) is 13.5. The molecule has 0 unspecified atom stereocenters. The van der Waals surface area contributed by atoms with E-state index in [9.17, 15) is 18.0 Å². The number of aryl methyl sites for hydroxylation is 1. The second-order valence-corrected chi connectivity index (χ2v) is 9.78. The number of benzene rings is 1. The number of nitrogens with zero attached hydrogens (tertiary/aromatic N) is 3. The maximum absolute atomic E-state index is 13.4. The summed E-state index contributed by atoms with van der Waals surface area (Å²) in [6.45, 7) is 5.77. The van der Waals surface area contributed by atoms with Gasteiger partial charge in [-0.3, -0.25) is 4.79 Å². The van der Waals surface area contributed by atoms with Gasteiger partial charge < -0.3 is 19.5 Å². The highest BCUT2D eigenvalue weighted by molar-refractivity contribution is 5.92. The minimum Gasteiger partial charge on any atom is -0.381 e. The van der Waals surface area contributed by atoms with Gasteiger partial charge in [0.25, 0.3) is 5.91 Å². The zero-order chi connectivity index (χ0) is 27.8. The summed E-state index contributed by atoms with van der Waals surface area (Å²) in [6, 6.07) is 10.8. The van der Waals surface area contributed by atoms with Crippen molar-refractivity contribution in [3.05, 3.63) is 59.5 Å². The van der Waals surface area contributed by atoms with Gasteiger partial charge in [0.2, 0.25) is 0 Å². The van der Waals surface area contributed by atoms with Crippen molar-refractivity contribution in [1.29, 1.82) is 0 Å². The molecule has 0 atom stereocenters. The molecule has 1 N–H and O–H groups in total. The molecule has 2 aromatic heterocycles. The van der Waals surface area contributed by atoms with E-state index in [4.69, 9.17) is 4.74 Å². The third kappa shape index (κ3) is 7.76. The number of fused-ring (bicyclic) bond motifs is 1. The molecule has 1 fully saturated rings. The summed E-state index contributed by atoms with van der Waals surface area (Å²) in [6.07, 6.45) is 1.26. The summed E-state index contributed by atoms with van der Waals surface area (Å²) in [5.41, 5.74) is 3.00. The van der Waals surface area contributed by atoms with E-state index in [1.807, 2.05) is 26.0 Å². The molecule has 1 saturated heterocycles. The zero-order valence-corrected chi connectivity index (χ0v) is 22.5. The Kier molecular flexibility index (Phi) is 9.52. The van der Waals surface area contributed by atoms with Gasteiger partial charge >= 0.3 is 6.18 Å². The summed E-state index contributed by atoms with van der Waals surface area (Å²) in [5, 5.41) is 3.86. The molecule has 0 radical (unpaired) electrons. The Bertz CT molecular complexity index is 1310. The van der Waals surface area contributed by atoms with Crippen LogP contribution in [0.5, 0.6) is 0 Å². The van der Waals surface area contributed by atoms with Crippen molar-refractivity contribution in [3.63, 3.8) is 0 Å². The maximum Gasteiger partial charge on any atom is 0.406 e. The molecule has 0 saturated carbocycles. The number of ether oxygens (including phenoxy) is 1. The minimum atomic E-state index is -4.36. The maximum atomic E-state index is 13.4. The lowest BCUT2D eigenvalue weighted by atomic mass is 9.92. The number of hydrogen-bond acceptors (Lipinski definition) is 4. The standard InChI is InChI=1S/C30H35F3N4O2/c1-3-36(4-2)29(38)27-11-10-25(20-35-27)34-15-5-6-26-19-24-18-23(8-7-22-13-16-39-17-14-22)9-12-28(24)37(26)21-30(31,32)33/h9-12,18-20,22,34H,3-4,7-8,13-17,21H2,1-2H3. The highest BCUT2D eigenvalue weighted by atomic mass is 19.4. The average Bonchev–Trinajstić information content (AvgIpc) is 3.26. The average molecular weight is 541 g/mol. The largest absolute Gasteiger partial charge is 0.406 e. The molecule has 4 rings (SSSR count). The monoisotopic (exact) mass is 540 g/mol. The molecular weight excluding hydrogens is 505 g/mol. The summed E-state index contributed by atoms with van der Waals surface area (Å²) in [5.74, 6) is 6.35. The van der Waals surface area contributed by atoms with Crippen LogP contribution in [-0.4, -0.2) is 59.4 Å². The second-order valence-electron chi connectivity index (χ2n) is 9.78. The molecule has 3 heterocycles. The quantitative estimate of drug-likeness (QED) is 0.343. The number of nitrogens with one attached hydrogen (secondary N) is 1. The number of halogens is 3. The van der Waals surface area contributed by atoms with Crippen molar-refractivity contribution in [2.24, 2.45) is 5.92 Å². The minimum absolute atomic E-state index is 0.129. The zero-order valence-electron chi connectivity index (χ0n) is 22.5. The van der Waals surface area contributed by atoms with Gasteiger partial charge in [-0.15, -0.1) is 0 Å². The van der Waals surface area contributed by atoms with Gasteiger partial charge in [-0.2, -0.15) is 13.2 Å². The van der Waals surface area contributed by atoms with Gasteiger partial charge in [-0.05, 0) is 87.3 Å². The van der Waals surface area contributed by atoms with Crippen LogP contribution < -0.4 is 5.32 Å². The van der Waals surface area contributed by atoms with E-state index in [0.29, 0.717) is 41.6 Å². The number of aromatic nitrogens is 2. The van der Waals surface area contributed by atoms with Crippen molar-refractivity contribution in [2.45, 2.75) is 52.3 Å². The van der Waals surface area contributed by atoms with Crippen molar-refractivity contribution < 1.29 is 22.7 Å². The topological polar surface area (TPSA) is 59.4 Å². The number of rotatable bonds is 9. The third-order valence-corrected chi connectivity index (χ3v) is 7.12. The molecule has 1 aliphatic heterocycles. The summed E-state index contributed by atoms with van der Waals surface area (Å²) in [4.78, 5) is 18.3. The van der Waals surface area contributed by atoms with Crippen LogP contribution in [-0.2, 0) is 17.7 Å². The number of carbonyl (C=O) groups excluding carboxylic acids is 1. The second kappa shape index (κ2) is 13.0. The van der Waals surface area contributed by atoms with Gasteiger partial charge in [0.15, 0.2) is 0 Å². The smallest absolute Gasteiger partial charge is 0.381 e. The molecule has 0 bridgehead atoms. The number of amides is 1. The fourth-order valence-corrected chi connectivity index (χ4v) is 4.91. The molecule has 9 heteroatoms. The molecule has 3 aromatic rings. The Morgan fingerprint density at radius 3 is 2.59 bits per heavy atom. The number of alkyl halides is 3. The van der Waals surface area contributed by atoms with Crippen molar-refractivity contribution >= 4 is 22.5 Å². The first-order chi connectivity index (χ1) is 18.8. The van der Waals surface area contributed by atoms with E-state index in [-0.39, 0.29) is 12.5 Å². The van der Waals surface area contributed by atoms with Gasteiger partial charge in [-0.25, -0.2) is 4.98 Å². The lowest BCUT2D eigenvalue weighted by molar-refractivity contribution is -0.140. The lowest BCUT2D eigenvalue weighted by Crippen LogP contribution is -2.31. The molecule has 0 spiro atoms. The van der Waals surface area contributed by atoms with Crippen molar-refractivity contribution in [1.82, 2.24) is 14.5 Å². The van der Waals surface area contributed by atoms with E-state index in [2.05, 4.69) is 22.1 Å². The third-order valence-electron chi connectivity index (χ3n) is 7.12. The molecule has 1 aromatic carbocycles. The van der Waals surface area contributed by atoms with Gasteiger partial charge in [-0.1, -0.05) is 12.0 Å². The Labute approximate surface area is 227 Å². The fourth-order valence-electron chi connectivity index (χ4n) is 4.91. The Balaban J connectivity index is 1.45. The van der Waals surface area contributed by atoms with Crippen LogP contribution in [0.3, 0.4) is 0 Å². The van der Waals surface area contributed by atoms with Crippen molar-refractivity contribution in [3.8, 4) is 11.8 Å². The summed E-state index contributed by atoms with van der Waals surface area (Å²) in [7, 11) is 0. The van der Waals surface area contributed by atoms with Crippen LogP contribution >= 0.6 is 0 Å². The van der Waals surface area contributed by atoms with E-state index in [1.165, 1.54) is 4.57 Å². The van der Waals surface area contributed by atoms with Crippen LogP contribution in [0.4, 0.5) is 18.9 Å². The van der Waals surface area contributed by atoms with Crippen LogP contribution in [0, 0.1) is 17.8 Å². The predicted molar refractivity (Wildman–Crippen MR) is 147 cm³/mol. The Morgan fingerprint density at radius 1 is 1.15 bits per heavy atom. The number of anilines is 1. The van der Waals surface area contributed by atoms with Gasteiger partial charge in [0.05, 0.1) is 24.1 Å². The number of carbonyl (C=O) groups is 1. The summed E-state index contributed by atoms with van der Waals surface area (Å²) >= 11 is 0. The van der Waals surface area contributed by atoms with E-state index >= 15 is 0 Å². The van der Waals surface area contributed by atoms with Crippen molar-refractivity contribution in [2.75, 3.05) is 38.2 Å². The van der Waals surface area contributed by atoms with E-state index < -0.39 is 12.7 Å². The molecule has 1 amide bonds. The van der Waals surface area contributed by atoms with E-state index in [1.54, 1.807) is 35.4 Å². The highest BCUT2D eigenvalue weighted by Gasteiger charge is 2.29. The molecular formula is C30H35F3N4O2. The first kappa shape index (κ1) is 28.5.